The Bertz CT molecular complexity index is 319. The van der Waals surface area contributed by atoms with Gasteiger partial charge in [-0.05, 0) is 12.5 Å². The monoisotopic (exact) mass is 197 g/mol. The van der Waals surface area contributed by atoms with Gasteiger partial charge in [0.2, 0.25) is 0 Å². The number of pyridine rings is 1. The molecule has 0 spiro atoms. The Morgan fingerprint density at radius 2 is 2.36 bits per heavy atom. The Hall–Kier alpha value is -1.00. The summed E-state index contributed by atoms with van der Waals surface area (Å²) in [6, 6.07) is 1.40. The first-order valence-electron chi connectivity index (χ1n) is 4.66. The van der Waals surface area contributed by atoms with Crippen LogP contribution in [0.4, 0.5) is 4.39 Å². The third-order valence-electron chi connectivity index (χ3n) is 2.35. The second-order valence-corrected chi connectivity index (χ2v) is 3.47. The molecule has 76 valence electrons. The molecule has 14 heavy (non-hydrogen) atoms. The first-order chi connectivity index (χ1) is 6.75. The number of hydrogen-bond donors (Lipinski definition) is 1. The van der Waals surface area contributed by atoms with E-state index in [9.17, 15) is 9.50 Å². The molecule has 3 nitrogen and oxygen atoms in total. The highest BCUT2D eigenvalue weighted by Crippen LogP contribution is 2.27. The molecule has 0 saturated carbocycles. The molecular formula is C10H12FNO2. The van der Waals surface area contributed by atoms with Crippen molar-refractivity contribution < 1.29 is 14.2 Å². The van der Waals surface area contributed by atoms with Gasteiger partial charge < -0.3 is 9.84 Å². The molecular weight excluding hydrogens is 185 g/mol. The summed E-state index contributed by atoms with van der Waals surface area (Å²) in [5.41, 5.74) is 0.698. The molecule has 2 atom stereocenters. The summed E-state index contributed by atoms with van der Waals surface area (Å²) in [4.78, 5) is 3.75. The minimum Gasteiger partial charge on any atom is -0.393 e. The van der Waals surface area contributed by atoms with Crippen LogP contribution >= 0.6 is 0 Å². The van der Waals surface area contributed by atoms with Gasteiger partial charge in [0.05, 0.1) is 18.4 Å². The van der Waals surface area contributed by atoms with Crippen molar-refractivity contribution in [2.24, 2.45) is 0 Å². The number of ether oxygens (including phenoxy) is 1. The average Bonchev–Trinajstić information content (AvgIpc) is 2.18. The molecule has 1 N–H and O–H groups in total. The molecule has 0 aliphatic carbocycles. The zero-order valence-electron chi connectivity index (χ0n) is 7.69. The number of hydrogen-bond acceptors (Lipinski definition) is 3. The van der Waals surface area contributed by atoms with E-state index in [4.69, 9.17) is 4.74 Å². The van der Waals surface area contributed by atoms with Crippen molar-refractivity contribution in [1.82, 2.24) is 4.98 Å². The van der Waals surface area contributed by atoms with Crippen LogP contribution in [0, 0.1) is 5.82 Å². The second-order valence-electron chi connectivity index (χ2n) is 3.47. The summed E-state index contributed by atoms with van der Waals surface area (Å²) in [6.07, 6.45) is 3.33. The lowest BCUT2D eigenvalue weighted by Gasteiger charge is -2.26. The van der Waals surface area contributed by atoms with Gasteiger partial charge in [-0.3, -0.25) is 4.98 Å². The molecule has 0 amide bonds. The standard InChI is InChI=1S/C10H12FNO2/c11-8-3-7(5-12-6-8)10-4-9(13)1-2-14-10/h3,5-6,9-10,13H,1-2,4H2. The fourth-order valence-corrected chi connectivity index (χ4v) is 1.62. The van der Waals surface area contributed by atoms with Gasteiger partial charge in [0.1, 0.15) is 5.82 Å². The molecule has 1 aliphatic rings. The van der Waals surface area contributed by atoms with Crippen LogP contribution < -0.4 is 0 Å². The predicted octanol–water partition coefficient (Wildman–Crippen LogP) is 1.43. The first-order valence-corrected chi connectivity index (χ1v) is 4.66. The molecule has 1 aliphatic heterocycles. The number of halogens is 1. The van der Waals surface area contributed by atoms with Crippen molar-refractivity contribution in [3.8, 4) is 0 Å². The van der Waals surface area contributed by atoms with Gasteiger partial charge in [-0.25, -0.2) is 4.39 Å². The Balaban J connectivity index is 2.14. The maximum atomic E-state index is 12.8. The Morgan fingerprint density at radius 3 is 3.07 bits per heavy atom. The van der Waals surface area contributed by atoms with Crippen LogP contribution in [-0.2, 0) is 4.74 Å². The van der Waals surface area contributed by atoms with Crippen molar-refractivity contribution in [2.45, 2.75) is 25.0 Å². The normalized spacial score (nSPS) is 27.6. The minimum atomic E-state index is -0.369. The average molecular weight is 197 g/mol. The zero-order chi connectivity index (χ0) is 9.97. The Morgan fingerprint density at radius 1 is 1.50 bits per heavy atom. The quantitative estimate of drug-likeness (QED) is 0.740. The smallest absolute Gasteiger partial charge is 0.141 e. The van der Waals surface area contributed by atoms with Crippen LogP contribution in [0.3, 0.4) is 0 Å². The lowest BCUT2D eigenvalue weighted by molar-refractivity contribution is -0.0450. The molecule has 2 rings (SSSR count). The number of rotatable bonds is 1. The minimum absolute atomic E-state index is 0.220. The van der Waals surface area contributed by atoms with E-state index in [0.29, 0.717) is 25.0 Å². The van der Waals surface area contributed by atoms with Gasteiger partial charge in [-0.2, -0.15) is 0 Å². The summed E-state index contributed by atoms with van der Waals surface area (Å²) in [6.45, 7) is 0.516. The second kappa shape index (κ2) is 4.02. The summed E-state index contributed by atoms with van der Waals surface area (Å²) in [5.74, 6) is -0.369. The van der Waals surface area contributed by atoms with E-state index in [1.807, 2.05) is 0 Å². The van der Waals surface area contributed by atoms with Gasteiger partial charge in [-0.1, -0.05) is 0 Å². The lowest BCUT2D eigenvalue weighted by atomic mass is 10.0. The molecule has 2 heterocycles. The molecule has 0 aromatic carbocycles. The topological polar surface area (TPSA) is 42.4 Å². The van der Waals surface area contributed by atoms with Gasteiger partial charge in [0, 0.05) is 24.8 Å². The molecule has 1 aromatic heterocycles. The summed E-state index contributed by atoms with van der Waals surface area (Å²) >= 11 is 0. The Labute approximate surface area is 81.5 Å². The fraction of sp³-hybridized carbons (Fsp3) is 0.500. The third-order valence-corrected chi connectivity index (χ3v) is 2.35. The summed E-state index contributed by atoms with van der Waals surface area (Å²) < 4.78 is 18.3. The molecule has 1 aromatic rings. The van der Waals surface area contributed by atoms with E-state index in [1.54, 1.807) is 6.20 Å². The fourth-order valence-electron chi connectivity index (χ4n) is 1.62. The van der Waals surface area contributed by atoms with Gasteiger partial charge in [0.25, 0.3) is 0 Å². The summed E-state index contributed by atoms with van der Waals surface area (Å²) in [5, 5.41) is 9.42. The maximum Gasteiger partial charge on any atom is 0.141 e. The predicted molar refractivity (Wildman–Crippen MR) is 48.1 cm³/mol. The number of aromatic nitrogens is 1. The highest BCUT2D eigenvalue weighted by molar-refractivity contribution is 5.14. The van der Waals surface area contributed by atoms with Crippen molar-refractivity contribution in [2.75, 3.05) is 6.61 Å². The van der Waals surface area contributed by atoms with Crippen molar-refractivity contribution in [3.63, 3.8) is 0 Å². The number of aliphatic hydroxyl groups is 1. The summed E-state index contributed by atoms with van der Waals surface area (Å²) in [7, 11) is 0. The van der Waals surface area contributed by atoms with E-state index < -0.39 is 0 Å². The molecule has 1 fully saturated rings. The zero-order valence-corrected chi connectivity index (χ0v) is 7.69. The van der Waals surface area contributed by atoms with Gasteiger partial charge in [-0.15, -0.1) is 0 Å². The number of aliphatic hydroxyl groups excluding tert-OH is 1. The third kappa shape index (κ3) is 2.08. The van der Waals surface area contributed by atoms with Crippen LogP contribution in [-0.4, -0.2) is 22.8 Å². The van der Waals surface area contributed by atoms with Gasteiger partial charge in [0.15, 0.2) is 0 Å². The SMILES string of the molecule is OC1CCOC(c2cncc(F)c2)C1. The first kappa shape index (κ1) is 9.55. The molecule has 1 saturated heterocycles. The molecule has 0 bridgehead atoms. The molecule has 0 radical (unpaired) electrons. The van der Waals surface area contributed by atoms with E-state index in [1.165, 1.54) is 6.07 Å². The van der Waals surface area contributed by atoms with Crippen LogP contribution in [0.2, 0.25) is 0 Å². The van der Waals surface area contributed by atoms with Crippen molar-refractivity contribution in [1.29, 1.82) is 0 Å². The highest BCUT2D eigenvalue weighted by atomic mass is 19.1. The van der Waals surface area contributed by atoms with E-state index in [-0.39, 0.29) is 18.0 Å². The molecule has 2 unspecified atom stereocenters. The van der Waals surface area contributed by atoms with Crippen LogP contribution in [0.15, 0.2) is 18.5 Å². The molecule has 4 heteroatoms. The van der Waals surface area contributed by atoms with Crippen LogP contribution in [0.1, 0.15) is 24.5 Å². The number of nitrogens with zero attached hydrogens (tertiary/aromatic N) is 1. The van der Waals surface area contributed by atoms with Crippen LogP contribution in [0.5, 0.6) is 0 Å². The van der Waals surface area contributed by atoms with Gasteiger partial charge >= 0.3 is 0 Å². The highest BCUT2D eigenvalue weighted by Gasteiger charge is 2.22. The van der Waals surface area contributed by atoms with E-state index in [2.05, 4.69) is 4.98 Å². The largest absolute Gasteiger partial charge is 0.393 e. The van der Waals surface area contributed by atoms with Crippen molar-refractivity contribution in [3.05, 3.63) is 29.8 Å². The van der Waals surface area contributed by atoms with Crippen molar-refractivity contribution >= 4 is 0 Å². The van der Waals surface area contributed by atoms with Crippen LogP contribution in [0.25, 0.3) is 0 Å². The lowest BCUT2D eigenvalue weighted by Crippen LogP contribution is -2.23. The maximum absolute atomic E-state index is 12.8. The van der Waals surface area contributed by atoms with E-state index in [0.717, 1.165) is 6.20 Å². The van der Waals surface area contributed by atoms with E-state index >= 15 is 0 Å². The Kier molecular flexibility index (Phi) is 2.74.